The molecule has 3 atom stereocenters. The lowest BCUT2D eigenvalue weighted by molar-refractivity contribution is 0.150. The molecule has 0 saturated carbocycles. The van der Waals surface area contributed by atoms with Gasteiger partial charge < -0.3 is 10.1 Å². The van der Waals surface area contributed by atoms with E-state index >= 15 is 0 Å². The summed E-state index contributed by atoms with van der Waals surface area (Å²) in [5.41, 5.74) is 1.32. The number of piperidine rings is 1. The lowest BCUT2D eigenvalue weighted by Gasteiger charge is -2.36. The summed E-state index contributed by atoms with van der Waals surface area (Å²) in [6, 6.07) is 9.50. The maximum atomic E-state index is 5.84. The number of para-hydroxylation sites is 1. The van der Waals surface area contributed by atoms with Gasteiger partial charge in [0.1, 0.15) is 5.75 Å². The number of hydrogen-bond acceptors (Lipinski definition) is 3. The van der Waals surface area contributed by atoms with E-state index in [0.717, 1.165) is 18.9 Å². The fraction of sp³-hybridized carbons (Fsp3) is 0.667. The minimum Gasteiger partial charge on any atom is -0.493 e. The number of nitrogens with one attached hydrogen (secondary N) is 1. The zero-order chi connectivity index (χ0) is 14.7. The van der Waals surface area contributed by atoms with E-state index in [9.17, 15) is 0 Å². The molecule has 3 heteroatoms. The number of likely N-dealkylation sites (tertiary alicyclic amines) is 1. The molecule has 0 spiro atoms. The van der Waals surface area contributed by atoms with Gasteiger partial charge in [0.15, 0.2) is 0 Å². The molecule has 1 saturated heterocycles. The van der Waals surface area contributed by atoms with Gasteiger partial charge in [0, 0.05) is 30.1 Å². The fourth-order valence-electron chi connectivity index (χ4n) is 3.59. The first-order valence-corrected chi connectivity index (χ1v) is 8.45. The molecule has 3 rings (SSSR count). The van der Waals surface area contributed by atoms with Crippen LogP contribution in [0.1, 0.15) is 44.7 Å². The van der Waals surface area contributed by atoms with Crippen molar-refractivity contribution < 1.29 is 4.74 Å². The molecule has 0 amide bonds. The minimum atomic E-state index is 0.419. The van der Waals surface area contributed by atoms with Gasteiger partial charge in [0.2, 0.25) is 0 Å². The Morgan fingerprint density at radius 1 is 1.24 bits per heavy atom. The minimum absolute atomic E-state index is 0.419. The van der Waals surface area contributed by atoms with Crippen molar-refractivity contribution in [2.45, 2.75) is 45.2 Å². The molecule has 3 unspecified atom stereocenters. The third-order valence-electron chi connectivity index (χ3n) is 4.97. The molecule has 0 aliphatic carbocycles. The van der Waals surface area contributed by atoms with Gasteiger partial charge in [-0.3, -0.25) is 4.90 Å². The Balaban J connectivity index is 1.61. The van der Waals surface area contributed by atoms with E-state index < -0.39 is 0 Å². The van der Waals surface area contributed by atoms with E-state index in [0.29, 0.717) is 18.0 Å². The zero-order valence-corrected chi connectivity index (χ0v) is 13.3. The largest absolute Gasteiger partial charge is 0.493 e. The molecule has 2 aliphatic rings. The standard InChI is InChI=1S/C18H28N2O/c1-14-13-21-17-9-5-4-8-16(17)18(14)19-12-15(2)20-10-6-3-7-11-20/h4-5,8-9,14-15,18-19H,3,6-7,10-13H2,1-2H3. The molecule has 1 aromatic carbocycles. The number of benzene rings is 1. The van der Waals surface area contributed by atoms with Crippen LogP contribution in [0.3, 0.4) is 0 Å². The number of nitrogens with zero attached hydrogens (tertiary/aromatic N) is 1. The summed E-state index contributed by atoms with van der Waals surface area (Å²) in [4.78, 5) is 2.63. The van der Waals surface area contributed by atoms with Crippen molar-refractivity contribution in [3.8, 4) is 5.75 Å². The van der Waals surface area contributed by atoms with Crippen molar-refractivity contribution in [1.82, 2.24) is 10.2 Å². The smallest absolute Gasteiger partial charge is 0.124 e. The molecular weight excluding hydrogens is 260 g/mol. The second-order valence-electron chi connectivity index (χ2n) is 6.66. The van der Waals surface area contributed by atoms with E-state index in [1.54, 1.807) is 0 Å². The van der Waals surface area contributed by atoms with Crippen LogP contribution in [0, 0.1) is 5.92 Å². The molecule has 3 nitrogen and oxygen atoms in total. The van der Waals surface area contributed by atoms with Gasteiger partial charge in [0.05, 0.1) is 6.61 Å². The van der Waals surface area contributed by atoms with Crippen molar-refractivity contribution in [3.05, 3.63) is 29.8 Å². The van der Waals surface area contributed by atoms with Crippen LogP contribution in [-0.2, 0) is 0 Å². The SMILES string of the molecule is CC1COc2ccccc2C1NCC(C)N1CCCCC1. The van der Waals surface area contributed by atoms with Crippen LogP contribution in [0.4, 0.5) is 0 Å². The van der Waals surface area contributed by atoms with Crippen LogP contribution in [0.25, 0.3) is 0 Å². The molecule has 0 bridgehead atoms. The summed E-state index contributed by atoms with van der Waals surface area (Å²) < 4.78 is 5.84. The first-order valence-electron chi connectivity index (χ1n) is 8.45. The predicted molar refractivity (Wildman–Crippen MR) is 86.7 cm³/mol. The van der Waals surface area contributed by atoms with E-state index in [1.165, 1.54) is 37.9 Å². The predicted octanol–water partition coefficient (Wildman–Crippen LogP) is 3.22. The molecule has 0 radical (unpaired) electrons. The molecule has 116 valence electrons. The van der Waals surface area contributed by atoms with E-state index in [4.69, 9.17) is 4.74 Å². The van der Waals surface area contributed by atoms with Crippen LogP contribution >= 0.6 is 0 Å². The Hall–Kier alpha value is -1.06. The van der Waals surface area contributed by atoms with Gasteiger partial charge in [0.25, 0.3) is 0 Å². The molecule has 1 aromatic rings. The second-order valence-corrected chi connectivity index (χ2v) is 6.66. The normalized spacial score (nSPS) is 27.7. The molecule has 0 aromatic heterocycles. The molecule has 2 heterocycles. The van der Waals surface area contributed by atoms with Gasteiger partial charge in [-0.25, -0.2) is 0 Å². The maximum Gasteiger partial charge on any atom is 0.124 e. The van der Waals surface area contributed by atoms with Crippen molar-refractivity contribution in [3.63, 3.8) is 0 Å². The number of fused-ring (bicyclic) bond motifs is 1. The summed E-state index contributed by atoms with van der Waals surface area (Å²) in [5.74, 6) is 1.58. The highest BCUT2D eigenvalue weighted by molar-refractivity contribution is 5.37. The van der Waals surface area contributed by atoms with Gasteiger partial charge in [-0.15, -0.1) is 0 Å². The summed E-state index contributed by atoms with van der Waals surface area (Å²) in [6.07, 6.45) is 4.13. The molecule has 1 fully saturated rings. The van der Waals surface area contributed by atoms with Gasteiger partial charge in [-0.1, -0.05) is 31.5 Å². The van der Waals surface area contributed by atoms with E-state index in [1.807, 2.05) is 0 Å². The van der Waals surface area contributed by atoms with Crippen LogP contribution in [0.2, 0.25) is 0 Å². The van der Waals surface area contributed by atoms with E-state index in [2.05, 4.69) is 48.3 Å². The Morgan fingerprint density at radius 3 is 2.81 bits per heavy atom. The van der Waals surface area contributed by atoms with Crippen LogP contribution in [-0.4, -0.2) is 37.2 Å². The van der Waals surface area contributed by atoms with Gasteiger partial charge in [-0.2, -0.15) is 0 Å². The second kappa shape index (κ2) is 6.80. The Kier molecular flexibility index (Phi) is 4.81. The third kappa shape index (κ3) is 3.41. The van der Waals surface area contributed by atoms with Crippen molar-refractivity contribution in [2.24, 2.45) is 5.92 Å². The van der Waals surface area contributed by atoms with Crippen LogP contribution in [0.15, 0.2) is 24.3 Å². The first kappa shape index (κ1) is 14.9. The molecule has 21 heavy (non-hydrogen) atoms. The zero-order valence-electron chi connectivity index (χ0n) is 13.3. The summed E-state index contributed by atoms with van der Waals surface area (Å²) in [6.45, 7) is 9.04. The quantitative estimate of drug-likeness (QED) is 0.920. The van der Waals surface area contributed by atoms with E-state index in [-0.39, 0.29) is 0 Å². The maximum absolute atomic E-state index is 5.84. The van der Waals surface area contributed by atoms with Gasteiger partial charge >= 0.3 is 0 Å². The lowest BCUT2D eigenvalue weighted by atomic mass is 9.92. The summed E-state index contributed by atoms with van der Waals surface area (Å²) >= 11 is 0. The highest BCUT2D eigenvalue weighted by Gasteiger charge is 2.28. The van der Waals surface area contributed by atoms with Crippen LogP contribution < -0.4 is 10.1 Å². The van der Waals surface area contributed by atoms with Crippen molar-refractivity contribution in [2.75, 3.05) is 26.2 Å². The summed E-state index contributed by atoms with van der Waals surface area (Å²) in [5, 5.41) is 3.80. The first-order chi connectivity index (χ1) is 10.3. The number of hydrogen-bond donors (Lipinski definition) is 1. The topological polar surface area (TPSA) is 24.5 Å². The number of ether oxygens (including phenoxy) is 1. The highest BCUT2D eigenvalue weighted by atomic mass is 16.5. The van der Waals surface area contributed by atoms with Crippen LogP contribution in [0.5, 0.6) is 5.75 Å². The Bertz CT molecular complexity index is 456. The Labute approximate surface area is 128 Å². The van der Waals surface area contributed by atoms with Gasteiger partial charge in [-0.05, 0) is 38.9 Å². The number of rotatable bonds is 4. The third-order valence-corrected chi connectivity index (χ3v) is 4.97. The Morgan fingerprint density at radius 2 is 2.00 bits per heavy atom. The average Bonchev–Trinajstić information content (AvgIpc) is 2.54. The fourth-order valence-corrected chi connectivity index (χ4v) is 3.59. The lowest BCUT2D eigenvalue weighted by Crippen LogP contribution is -2.45. The average molecular weight is 288 g/mol. The highest BCUT2D eigenvalue weighted by Crippen LogP contribution is 2.34. The molecule has 2 aliphatic heterocycles. The monoisotopic (exact) mass is 288 g/mol. The molecule has 1 N–H and O–H groups in total. The molecular formula is C18H28N2O. The summed E-state index contributed by atoms with van der Waals surface area (Å²) in [7, 11) is 0. The van der Waals surface area contributed by atoms with Crippen molar-refractivity contribution >= 4 is 0 Å². The van der Waals surface area contributed by atoms with Crippen molar-refractivity contribution in [1.29, 1.82) is 0 Å².